The number of hydrogen-bond donors (Lipinski definition) is 1. The smallest absolute Gasteiger partial charge is 0.328 e. The highest BCUT2D eigenvalue weighted by atomic mass is 35.5. The molecule has 0 saturated heterocycles. The minimum absolute atomic E-state index is 0.0254. The SMILES string of the molecule is CNc1nc(Cl)nc(Oc2cc(Cl)cc(Cl)c2)n1. The third-order valence-electron chi connectivity index (χ3n) is 1.86. The van der Waals surface area contributed by atoms with Gasteiger partial charge < -0.3 is 10.1 Å². The van der Waals surface area contributed by atoms with Crippen molar-refractivity contribution in [3.8, 4) is 11.8 Å². The number of hydrogen-bond acceptors (Lipinski definition) is 5. The number of nitrogens with zero attached hydrogens (tertiary/aromatic N) is 3. The molecule has 0 aliphatic carbocycles. The highest BCUT2D eigenvalue weighted by Crippen LogP contribution is 2.27. The van der Waals surface area contributed by atoms with Gasteiger partial charge in [-0.2, -0.15) is 15.0 Å². The van der Waals surface area contributed by atoms with E-state index in [1.807, 2.05) is 0 Å². The number of benzene rings is 1. The van der Waals surface area contributed by atoms with Crippen LogP contribution in [0.2, 0.25) is 15.3 Å². The number of rotatable bonds is 3. The summed E-state index contributed by atoms with van der Waals surface area (Å²) >= 11 is 17.4. The zero-order valence-corrected chi connectivity index (χ0v) is 11.4. The first-order chi connectivity index (χ1) is 8.56. The van der Waals surface area contributed by atoms with Crippen LogP contribution >= 0.6 is 34.8 Å². The molecule has 18 heavy (non-hydrogen) atoms. The maximum absolute atomic E-state index is 5.85. The van der Waals surface area contributed by atoms with Gasteiger partial charge in [0.15, 0.2) is 0 Å². The van der Waals surface area contributed by atoms with Crippen LogP contribution < -0.4 is 10.1 Å². The topological polar surface area (TPSA) is 59.9 Å². The summed E-state index contributed by atoms with van der Waals surface area (Å²) in [5, 5.41) is 3.66. The third kappa shape index (κ3) is 3.35. The standard InChI is InChI=1S/C10H7Cl3N4O/c1-14-9-15-8(13)16-10(17-9)18-7-3-5(11)2-6(12)4-7/h2-4H,1H3,(H,14,15,16,17). The second kappa shape index (κ2) is 5.56. The van der Waals surface area contributed by atoms with Gasteiger partial charge in [0, 0.05) is 17.1 Å². The zero-order valence-electron chi connectivity index (χ0n) is 9.12. The average molecular weight is 306 g/mol. The van der Waals surface area contributed by atoms with Crippen molar-refractivity contribution < 1.29 is 4.74 Å². The molecule has 94 valence electrons. The number of ether oxygens (including phenoxy) is 1. The number of anilines is 1. The molecule has 0 fully saturated rings. The molecule has 2 rings (SSSR count). The van der Waals surface area contributed by atoms with Gasteiger partial charge in [-0.05, 0) is 29.8 Å². The predicted octanol–water partition coefficient (Wildman–Crippen LogP) is 3.67. The molecule has 5 nitrogen and oxygen atoms in total. The van der Waals surface area contributed by atoms with Crippen molar-refractivity contribution in [2.75, 3.05) is 12.4 Å². The summed E-state index contributed by atoms with van der Waals surface area (Å²) in [6.45, 7) is 0. The third-order valence-corrected chi connectivity index (χ3v) is 2.46. The van der Waals surface area contributed by atoms with Crippen LogP contribution in [0.25, 0.3) is 0 Å². The Morgan fingerprint density at radius 2 is 1.67 bits per heavy atom. The molecule has 0 atom stereocenters. The van der Waals surface area contributed by atoms with Gasteiger partial charge in [-0.3, -0.25) is 0 Å². The molecule has 0 bridgehead atoms. The molecule has 1 aromatic heterocycles. The Morgan fingerprint density at radius 1 is 1.00 bits per heavy atom. The quantitative estimate of drug-likeness (QED) is 0.937. The van der Waals surface area contributed by atoms with Gasteiger partial charge >= 0.3 is 6.01 Å². The van der Waals surface area contributed by atoms with Crippen LogP contribution in [0.3, 0.4) is 0 Å². The van der Waals surface area contributed by atoms with Crippen molar-refractivity contribution >= 4 is 40.8 Å². The van der Waals surface area contributed by atoms with E-state index in [0.29, 0.717) is 21.7 Å². The van der Waals surface area contributed by atoms with Crippen molar-refractivity contribution in [2.45, 2.75) is 0 Å². The lowest BCUT2D eigenvalue weighted by Crippen LogP contribution is -2.01. The Labute approximate surface area is 118 Å². The number of nitrogens with one attached hydrogen (secondary N) is 1. The van der Waals surface area contributed by atoms with Crippen molar-refractivity contribution in [1.29, 1.82) is 0 Å². The van der Waals surface area contributed by atoms with Crippen molar-refractivity contribution in [2.24, 2.45) is 0 Å². The van der Waals surface area contributed by atoms with E-state index >= 15 is 0 Å². The van der Waals surface area contributed by atoms with Crippen LogP contribution in [0, 0.1) is 0 Å². The second-order valence-electron chi connectivity index (χ2n) is 3.17. The van der Waals surface area contributed by atoms with Crippen LogP contribution in [0.4, 0.5) is 5.95 Å². The van der Waals surface area contributed by atoms with E-state index in [1.165, 1.54) is 0 Å². The van der Waals surface area contributed by atoms with E-state index in [9.17, 15) is 0 Å². The van der Waals surface area contributed by atoms with Crippen LogP contribution in [0.5, 0.6) is 11.8 Å². The van der Waals surface area contributed by atoms with Crippen LogP contribution in [0.1, 0.15) is 0 Å². The Hall–Kier alpha value is -1.30. The molecule has 1 N–H and O–H groups in total. The summed E-state index contributed by atoms with van der Waals surface area (Å²) in [6, 6.07) is 4.82. The zero-order chi connectivity index (χ0) is 13.1. The lowest BCUT2D eigenvalue weighted by molar-refractivity contribution is 0.440. The maximum atomic E-state index is 5.85. The molecule has 0 aliphatic heterocycles. The highest BCUT2D eigenvalue weighted by Gasteiger charge is 2.07. The second-order valence-corrected chi connectivity index (χ2v) is 4.38. The molecular weight excluding hydrogens is 298 g/mol. The van der Waals surface area contributed by atoms with Crippen LogP contribution in [-0.4, -0.2) is 22.0 Å². The van der Waals surface area contributed by atoms with Crippen LogP contribution in [-0.2, 0) is 0 Å². The van der Waals surface area contributed by atoms with Gasteiger partial charge in [0.1, 0.15) is 5.75 Å². The Morgan fingerprint density at radius 3 is 2.28 bits per heavy atom. The number of halogens is 3. The van der Waals surface area contributed by atoms with Crippen molar-refractivity contribution in [1.82, 2.24) is 15.0 Å². The molecule has 0 amide bonds. The Balaban J connectivity index is 2.30. The van der Waals surface area contributed by atoms with Crippen LogP contribution in [0.15, 0.2) is 18.2 Å². The van der Waals surface area contributed by atoms with Gasteiger partial charge in [-0.25, -0.2) is 0 Å². The van der Waals surface area contributed by atoms with Gasteiger partial charge in [-0.15, -0.1) is 0 Å². The minimum Gasteiger partial charge on any atom is -0.424 e. The first kappa shape index (κ1) is 13.1. The molecule has 0 aliphatic rings. The normalized spacial score (nSPS) is 10.2. The van der Waals surface area contributed by atoms with Crippen molar-refractivity contribution in [3.63, 3.8) is 0 Å². The van der Waals surface area contributed by atoms with Gasteiger partial charge in [0.2, 0.25) is 11.2 Å². The summed E-state index contributed by atoms with van der Waals surface area (Å²) in [5.41, 5.74) is 0. The van der Waals surface area contributed by atoms with Gasteiger partial charge in [0.05, 0.1) is 0 Å². The Kier molecular flexibility index (Phi) is 4.06. The molecule has 1 aromatic carbocycles. The average Bonchev–Trinajstić information content (AvgIpc) is 2.26. The molecule has 0 spiro atoms. The van der Waals surface area contributed by atoms with E-state index in [1.54, 1.807) is 25.2 Å². The fourth-order valence-electron chi connectivity index (χ4n) is 1.18. The van der Waals surface area contributed by atoms with E-state index < -0.39 is 0 Å². The summed E-state index contributed by atoms with van der Waals surface area (Å²) in [5.74, 6) is 0.718. The highest BCUT2D eigenvalue weighted by molar-refractivity contribution is 6.34. The fourth-order valence-corrected chi connectivity index (χ4v) is 1.84. The molecule has 1 heterocycles. The first-order valence-electron chi connectivity index (χ1n) is 4.80. The largest absolute Gasteiger partial charge is 0.424 e. The maximum Gasteiger partial charge on any atom is 0.328 e. The first-order valence-corrected chi connectivity index (χ1v) is 5.93. The lowest BCUT2D eigenvalue weighted by atomic mass is 10.3. The van der Waals surface area contributed by atoms with Gasteiger partial charge in [0.25, 0.3) is 0 Å². The molecule has 0 unspecified atom stereocenters. The number of aromatic nitrogens is 3. The van der Waals surface area contributed by atoms with E-state index in [-0.39, 0.29) is 11.3 Å². The summed E-state index contributed by atoms with van der Waals surface area (Å²) < 4.78 is 5.41. The van der Waals surface area contributed by atoms with Crippen molar-refractivity contribution in [3.05, 3.63) is 33.5 Å². The summed E-state index contributed by atoms with van der Waals surface area (Å²) in [4.78, 5) is 11.6. The van der Waals surface area contributed by atoms with E-state index in [4.69, 9.17) is 39.5 Å². The predicted molar refractivity (Wildman–Crippen MR) is 70.9 cm³/mol. The monoisotopic (exact) mass is 304 g/mol. The summed E-state index contributed by atoms with van der Waals surface area (Å²) in [6.07, 6.45) is 0. The molecule has 0 saturated carbocycles. The lowest BCUT2D eigenvalue weighted by Gasteiger charge is -2.06. The molecular formula is C10H7Cl3N4O. The van der Waals surface area contributed by atoms with E-state index in [2.05, 4.69) is 20.3 Å². The van der Waals surface area contributed by atoms with Gasteiger partial charge in [-0.1, -0.05) is 23.2 Å². The van der Waals surface area contributed by atoms with E-state index in [0.717, 1.165) is 0 Å². The minimum atomic E-state index is 0.0254. The molecule has 8 heteroatoms. The molecule has 0 radical (unpaired) electrons. The summed E-state index contributed by atoms with van der Waals surface area (Å²) in [7, 11) is 1.66. The fraction of sp³-hybridized carbons (Fsp3) is 0.100. The Bertz CT molecular complexity index is 559. The molecule has 2 aromatic rings.